The van der Waals surface area contributed by atoms with Crippen LogP contribution in [0.2, 0.25) is 0 Å². The molecule has 27 heavy (non-hydrogen) atoms. The molecule has 138 valence electrons. The molecule has 0 atom stereocenters. The molecule has 0 unspecified atom stereocenters. The highest BCUT2D eigenvalue weighted by Gasteiger charge is 2.22. The summed E-state index contributed by atoms with van der Waals surface area (Å²) in [4.78, 5) is 33.4. The summed E-state index contributed by atoms with van der Waals surface area (Å²) in [6.07, 6.45) is 0. The number of benzene rings is 2. The molecule has 0 aliphatic carbocycles. The SMILES string of the molecule is CC(=O)Nc1cccc(Nc2ccc([N+](=O)[O-])c3c2cc(C(=O)O)n3C)c1. The molecule has 3 N–H and O–H groups in total. The van der Waals surface area contributed by atoms with Gasteiger partial charge >= 0.3 is 5.97 Å². The van der Waals surface area contributed by atoms with E-state index < -0.39 is 10.9 Å². The molecule has 0 bridgehead atoms. The van der Waals surface area contributed by atoms with E-state index in [0.717, 1.165) is 0 Å². The third kappa shape index (κ3) is 3.43. The molecule has 0 aliphatic heterocycles. The summed E-state index contributed by atoms with van der Waals surface area (Å²) in [5.41, 5.74) is 1.70. The molecule has 1 amide bonds. The van der Waals surface area contributed by atoms with Crippen molar-refractivity contribution in [2.45, 2.75) is 6.92 Å². The van der Waals surface area contributed by atoms with Crippen LogP contribution >= 0.6 is 0 Å². The second kappa shape index (κ2) is 6.79. The number of hydrogen-bond acceptors (Lipinski definition) is 5. The van der Waals surface area contributed by atoms with Gasteiger partial charge in [0.05, 0.1) is 4.92 Å². The fourth-order valence-electron chi connectivity index (χ4n) is 2.94. The number of nitro groups is 1. The largest absolute Gasteiger partial charge is 0.477 e. The number of hydrogen-bond donors (Lipinski definition) is 3. The lowest BCUT2D eigenvalue weighted by molar-refractivity contribution is -0.383. The summed E-state index contributed by atoms with van der Waals surface area (Å²) in [6.45, 7) is 1.40. The number of nitrogens with one attached hydrogen (secondary N) is 2. The molecule has 3 aromatic rings. The maximum absolute atomic E-state index is 11.4. The normalized spacial score (nSPS) is 10.6. The van der Waals surface area contributed by atoms with Crippen molar-refractivity contribution in [1.82, 2.24) is 4.57 Å². The van der Waals surface area contributed by atoms with Crippen LogP contribution < -0.4 is 10.6 Å². The third-order valence-corrected chi connectivity index (χ3v) is 4.05. The van der Waals surface area contributed by atoms with Crippen molar-refractivity contribution in [2.24, 2.45) is 7.05 Å². The van der Waals surface area contributed by atoms with E-state index in [1.807, 2.05) is 0 Å². The molecule has 0 saturated carbocycles. The fraction of sp³-hybridized carbons (Fsp3) is 0.111. The summed E-state index contributed by atoms with van der Waals surface area (Å²) >= 11 is 0. The van der Waals surface area contributed by atoms with E-state index in [1.165, 1.54) is 36.7 Å². The Hall–Kier alpha value is -3.88. The van der Waals surface area contributed by atoms with Crippen molar-refractivity contribution in [3.05, 3.63) is 58.3 Å². The van der Waals surface area contributed by atoms with E-state index >= 15 is 0 Å². The number of anilines is 3. The zero-order valence-electron chi connectivity index (χ0n) is 14.5. The number of non-ortho nitro benzene ring substituents is 1. The Morgan fingerprint density at radius 1 is 1.15 bits per heavy atom. The highest BCUT2D eigenvalue weighted by molar-refractivity contribution is 6.04. The van der Waals surface area contributed by atoms with E-state index in [9.17, 15) is 24.8 Å². The predicted molar refractivity (Wildman–Crippen MR) is 101 cm³/mol. The number of aromatic nitrogens is 1. The minimum absolute atomic E-state index is 0.0608. The number of aromatic carboxylic acids is 1. The lowest BCUT2D eigenvalue weighted by Crippen LogP contribution is -2.05. The summed E-state index contributed by atoms with van der Waals surface area (Å²) in [5, 5.41) is 26.9. The number of fused-ring (bicyclic) bond motifs is 1. The van der Waals surface area contributed by atoms with Gasteiger partial charge in [0.25, 0.3) is 5.69 Å². The minimum Gasteiger partial charge on any atom is -0.477 e. The standard InChI is InChI=1S/C18H16N4O5/c1-10(23)19-11-4-3-5-12(8-11)20-14-6-7-15(22(26)27)17-13(14)9-16(18(24)25)21(17)2/h3-9,20H,1-2H3,(H,19,23)(H,24,25). The third-order valence-electron chi connectivity index (χ3n) is 4.05. The molecule has 0 spiro atoms. The second-order valence-corrected chi connectivity index (χ2v) is 5.93. The zero-order valence-corrected chi connectivity index (χ0v) is 14.5. The van der Waals surface area contributed by atoms with Gasteiger partial charge in [-0.1, -0.05) is 6.07 Å². The Morgan fingerprint density at radius 2 is 1.85 bits per heavy atom. The van der Waals surface area contributed by atoms with Gasteiger partial charge in [-0.3, -0.25) is 14.9 Å². The van der Waals surface area contributed by atoms with Crippen LogP contribution in [-0.2, 0) is 11.8 Å². The van der Waals surface area contributed by atoms with E-state index in [4.69, 9.17) is 0 Å². The van der Waals surface area contributed by atoms with Crippen molar-refractivity contribution >= 4 is 45.5 Å². The van der Waals surface area contributed by atoms with E-state index in [-0.39, 0.29) is 22.8 Å². The first-order valence-corrected chi connectivity index (χ1v) is 7.92. The van der Waals surface area contributed by atoms with Gasteiger partial charge in [0.1, 0.15) is 11.2 Å². The molecular formula is C18H16N4O5. The molecule has 0 fully saturated rings. The Kier molecular flexibility index (Phi) is 4.51. The van der Waals surface area contributed by atoms with Crippen LogP contribution in [0.4, 0.5) is 22.7 Å². The first kappa shape index (κ1) is 17.9. The molecule has 0 saturated heterocycles. The van der Waals surface area contributed by atoms with E-state index in [1.54, 1.807) is 24.3 Å². The van der Waals surface area contributed by atoms with Crippen LogP contribution in [0.15, 0.2) is 42.5 Å². The second-order valence-electron chi connectivity index (χ2n) is 5.93. The highest BCUT2D eigenvalue weighted by Crippen LogP contribution is 2.35. The predicted octanol–water partition coefficient (Wildman–Crippen LogP) is 3.49. The highest BCUT2D eigenvalue weighted by atomic mass is 16.6. The Balaban J connectivity index is 2.12. The van der Waals surface area contributed by atoms with Crippen LogP contribution in [0, 0.1) is 10.1 Å². The number of nitro benzene ring substituents is 1. The summed E-state index contributed by atoms with van der Waals surface area (Å²) in [5.74, 6) is -1.39. The van der Waals surface area contributed by atoms with Crippen LogP contribution in [-0.4, -0.2) is 26.5 Å². The number of amides is 1. The summed E-state index contributed by atoms with van der Waals surface area (Å²) in [7, 11) is 1.47. The smallest absolute Gasteiger partial charge is 0.352 e. The van der Waals surface area contributed by atoms with Gasteiger partial charge in [-0.15, -0.1) is 0 Å². The van der Waals surface area contributed by atoms with E-state index in [0.29, 0.717) is 22.4 Å². The first-order valence-electron chi connectivity index (χ1n) is 7.92. The monoisotopic (exact) mass is 368 g/mol. The Morgan fingerprint density at radius 3 is 2.48 bits per heavy atom. The molecule has 0 aliphatic rings. The summed E-state index contributed by atoms with van der Waals surface area (Å²) < 4.78 is 1.29. The zero-order chi connectivity index (χ0) is 19.7. The van der Waals surface area contributed by atoms with Gasteiger partial charge in [0.2, 0.25) is 5.91 Å². The maximum atomic E-state index is 11.4. The summed E-state index contributed by atoms with van der Waals surface area (Å²) in [6, 6.07) is 11.2. The van der Waals surface area contributed by atoms with Crippen LogP contribution in [0.1, 0.15) is 17.4 Å². The van der Waals surface area contributed by atoms with Gasteiger partial charge in [0.15, 0.2) is 0 Å². The van der Waals surface area contributed by atoms with Gasteiger partial charge in [-0.2, -0.15) is 0 Å². The number of carboxylic acids is 1. The topological polar surface area (TPSA) is 126 Å². The number of carbonyl (C=O) groups is 2. The number of aryl methyl sites for hydroxylation is 1. The molecule has 0 radical (unpaired) electrons. The first-order chi connectivity index (χ1) is 12.8. The minimum atomic E-state index is -1.18. The lowest BCUT2D eigenvalue weighted by atomic mass is 10.1. The quantitative estimate of drug-likeness (QED) is 0.467. The molecule has 1 aromatic heterocycles. The maximum Gasteiger partial charge on any atom is 0.352 e. The molecule has 2 aromatic carbocycles. The van der Waals surface area contributed by atoms with Gasteiger partial charge < -0.3 is 20.3 Å². The Labute approximate surface area is 153 Å². The average molecular weight is 368 g/mol. The van der Waals surface area contributed by atoms with Crippen LogP contribution in [0.3, 0.4) is 0 Å². The van der Waals surface area contributed by atoms with E-state index in [2.05, 4.69) is 10.6 Å². The number of carbonyl (C=O) groups excluding carboxylic acids is 1. The molecule has 1 heterocycles. The Bertz CT molecular complexity index is 1090. The fourth-order valence-corrected chi connectivity index (χ4v) is 2.94. The van der Waals surface area contributed by atoms with Crippen molar-refractivity contribution in [3.63, 3.8) is 0 Å². The van der Waals surface area contributed by atoms with Crippen molar-refractivity contribution < 1.29 is 19.6 Å². The van der Waals surface area contributed by atoms with Crippen molar-refractivity contribution in [3.8, 4) is 0 Å². The lowest BCUT2D eigenvalue weighted by Gasteiger charge is -2.10. The average Bonchev–Trinajstić information content (AvgIpc) is 2.93. The van der Waals surface area contributed by atoms with Gasteiger partial charge in [0, 0.05) is 42.5 Å². The van der Waals surface area contributed by atoms with Gasteiger partial charge in [-0.05, 0) is 30.3 Å². The molecule has 9 nitrogen and oxygen atoms in total. The molecular weight excluding hydrogens is 352 g/mol. The number of rotatable bonds is 5. The van der Waals surface area contributed by atoms with Crippen molar-refractivity contribution in [1.29, 1.82) is 0 Å². The van der Waals surface area contributed by atoms with Crippen LogP contribution in [0.25, 0.3) is 10.9 Å². The number of nitrogens with zero attached hydrogens (tertiary/aromatic N) is 2. The van der Waals surface area contributed by atoms with Gasteiger partial charge in [-0.25, -0.2) is 4.79 Å². The molecule has 9 heteroatoms. The van der Waals surface area contributed by atoms with Crippen molar-refractivity contribution in [2.75, 3.05) is 10.6 Å². The molecule has 3 rings (SSSR count). The number of carboxylic acid groups (broad SMARTS) is 1. The van der Waals surface area contributed by atoms with Crippen LogP contribution in [0.5, 0.6) is 0 Å².